The second-order valence-corrected chi connectivity index (χ2v) is 6.50. The van der Waals surface area contributed by atoms with Crippen LogP contribution in [0.5, 0.6) is 0 Å². The van der Waals surface area contributed by atoms with Gasteiger partial charge in [-0.15, -0.1) is 0 Å². The number of aryl methyl sites for hydroxylation is 1. The lowest BCUT2D eigenvalue weighted by molar-refractivity contribution is 0.307. The summed E-state index contributed by atoms with van der Waals surface area (Å²) in [6, 6.07) is 8.40. The van der Waals surface area contributed by atoms with E-state index < -0.39 is 12.4 Å². The van der Waals surface area contributed by atoms with E-state index >= 15 is 0 Å². The van der Waals surface area contributed by atoms with Crippen molar-refractivity contribution in [3.8, 4) is 0 Å². The Kier molecular flexibility index (Phi) is 8.81. The Labute approximate surface area is 137 Å². The Balaban J connectivity index is 3.22. The Morgan fingerprint density at radius 2 is 1.41 bits per heavy atom. The lowest BCUT2D eigenvalue weighted by Gasteiger charge is -2.35. The third-order valence-electron chi connectivity index (χ3n) is 4.80. The van der Waals surface area contributed by atoms with Crippen molar-refractivity contribution in [2.24, 2.45) is 0 Å². The van der Waals surface area contributed by atoms with E-state index in [-0.39, 0.29) is 0 Å². The van der Waals surface area contributed by atoms with Crippen molar-refractivity contribution in [3.63, 3.8) is 0 Å². The minimum absolute atomic E-state index is 0.504. The number of benzene rings is 1. The molecular formula is C19H33BO2. The fourth-order valence-corrected chi connectivity index (χ4v) is 3.37. The zero-order valence-electron chi connectivity index (χ0n) is 14.6. The van der Waals surface area contributed by atoms with Crippen LogP contribution < -0.4 is 0 Å². The molecule has 0 atom stereocenters. The van der Waals surface area contributed by atoms with Crippen molar-refractivity contribution in [1.82, 2.24) is 0 Å². The summed E-state index contributed by atoms with van der Waals surface area (Å²) >= 11 is 0. The van der Waals surface area contributed by atoms with Crippen LogP contribution >= 0.6 is 0 Å². The largest absolute Gasteiger partial charge is 0.462 e. The van der Waals surface area contributed by atoms with Crippen molar-refractivity contribution in [1.29, 1.82) is 0 Å². The highest BCUT2D eigenvalue weighted by Crippen LogP contribution is 2.38. The Morgan fingerprint density at radius 1 is 0.864 bits per heavy atom. The highest BCUT2D eigenvalue weighted by atomic mass is 16.4. The first-order valence-electron chi connectivity index (χ1n) is 9.06. The molecule has 0 saturated heterocycles. The molecular weight excluding hydrogens is 271 g/mol. The molecule has 0 aromatic heterocycles. The molecule has 0 saturated carbocycles. The minimum Gasteiger partial charge on any atom is -0.426 e. The molecule has 1 rings (SSSR count). The molecule has 22 heavy (non-hydrogen) atoms. The number of rotatable bonds is 11. The summed E-state index contributed by atoms with van der Waals surface area (Å²) in [5.74, 6) is 0. The molecule has 1 aromatic rings. The van der Waals surface area contributed by atoms with Gasteiger partial charge in [-0.1, -0.05) is 77.1 Å². The maximum Gasteiger partial charge on any atom is 0.462 e. The lowest BCUT2D eigenvalue weighted by Crippen LogP contribution is -2.44. The van der Waals surface area contributed by atoms with E-state index in [0.717, 1.165) is 57.8 Å². The first-order chi connectivity index (χ1) is 10.6. The quantitative estimate of drug-likeness (QED) is 0.584. The van der Waals surface area contributed by atoms with Gasteiger partial charge in [0.2, 0.25) is 0 Å². The molecule has 124 valence electrons. The molecule has 0 amide bonds. The SMILES string of the molecule is CCCCc1ccccc1C(CCCC)(CCCC)B(O)O. The van der Waals surface area contributed by atoms with Gasteiger partial charge in [0.15, 0.2) is 0 Å². The third kappa shape index (κ3) is 4.86. The van der Waals surface area contributed by atoms with E-state index in [2.05, 4.69) is 39.0 Å². The first-order valence-corrected chi connectivity index (χ1v) is 9.06. The van der Waals surface area contributed by atoms with Gasteiger partial charge in [0.1, 0.15) is 0 Å². The van der Waals surface area contributed by atoms with Crippen LogP contribution in [0.15, 0.2) is 24.3 Å². The highest BCUT2D eigenvalue weighted by molar-refractivity contribution is 6.45. The Bertz CT molecular complexity index is 410. The molecule has 0 unspecified atom stereocenters. The summed E-state index contributed by atoms with van der Waals surface area (Å²) in [5, 5.41) is 20.0. The molecule has 1 aromatic carbocycles. The molecule has 0 aliphatic carbocycles. The van der Waals surface area contributed by atoms with Gasteiger partial charge in [-0.05, 0) is 36.8 Å². The van der Waals surface area contributed by atoms with Crippen molar-refractivity contribution in [2.45, 2.75) is 83.9 Å². The van der Waals surface area contributed by atoms with Crippen molar-refractivity contribution in [3.05, 3.63) is 35.4 Å². The van der Waals surface area contributed by atoms with Crippen LogP contribution in [0.2, 0.25) is 0 Å². The van der Waals surface area contributed by atoms with Crippen molar-refractivity contribution in [2.75, 3.05) is 0 Å². The minimum atomic E-state index is -1.28. The maximum absolute atomic E-state index is 10.3. The van der Waals surface area contributed by atoms with E-state index in [1.54, 1.807) is 0 Å². The lowest BCUT2D eigenvalue weighted by atomic mass is 9.49. The topological polar surface area (TPSA) is 40.5 Å². The van der Waals surface area contributed by atoms with Gasteiger partial charge in [-0.3, -0.25) is 0 Å². The van der Waals surface area contributed by atoms with Crippen LogP contribution in [0.25, 0.3) is 0 Å². The molecule has 0 aliphatic rings. The summed E-state index contributed by atoms with van der Waals surface area (Å²) in [6.07, 6.45) is 9.26. The predicted octanol–water partition coefficient (Wildman–Crippen LogP) is 4.66. The smallest absolute Gasteiger partial charge is 0.426 e. The van der Waals surface area contributed by atoms with Crippen LogP contribution in [0.1, 0.15) is 83.3 Å². The summed E-state index contributed by atoms with van der Waals surface area (Å²) in [6.45, 7) is 6.53. The van der Waals surface area contributed by atoms with Crippen LogP contribution in [0.4, 0.5) is 0 Å². The summed E-state index contributed by atoms with van der Waals surface area (Å²) in [7, 11) is -1.28. The van der Waals surface area contributed by atoms with Crippen molar-refractivity contribution >= 4 is 7.12 Å². The normalized spacial score (nSPS) is 11.7. The molecule has 2 N–H and O–H groups in total. The molecule has 0 fully saturated rings. The fourth-order valence-electron chi connectivity index (χ4n) is 3.37. The second kappa shape index (κ2) is 10.1. The zero-order chi connectivity index (χ0) is 16.4. The van der Waals surface area contributed by atoms with Gasteiger partial charge >= 0.3 is 7.12 Å². The van der Waals surface area contributed by atoms with Gasteiger partial charge in [-0.2, -0.15) is 0 Å². The molecule has 0 spiro atoms. The Morgan fingerprint density at radius 3 is 1.91 bits per heavy atom. The maximum atomic E-state index is 10.3. The summed E-state index contributed by atoms with van der Waals surface area (Å²) in [4.78, 5) is 0. The van der Waals surface area contributed by atoms with Gasteiger partial charge in [-0.25, -0.2) is 0 Å². The van der Waals surface area contributed by atoms with Crippen molar-refractivity contribution < 1.29 is 10.0 Å². The van der Waals surface area contributed by atoms with E-state index in [0.29, 0.717) is 0 Å². The summed E-state index contributed by atoms with van der Waals surface area (Å²) < 4.78 is 0. The van der Waals surface area contributed by atoms with Crippen LogP contribution in [-0.2, 0) is 11.7 Å². The molecule has 0 radical (unpaired) electrons. The molecule has 0 heterocycles. The highest BCUT2D eigenvalue weighted by Gasteiger charge is 2.43. The van der Waals surface area contributed by atoms with Gasteiger partial charge < -0.3 is 10.0 Å². The van der Waals surface area contributed by atoms with Gasteiger partial charge in [0.25, 0.3) is 0 Å². The third-order valence-corrected chi connectivity index (χ3v) is 4.80. The van der Waals surface area contributed by atoms with E-state index in [4.69, 9.17) is 0 Å². The van der Waals surface area contributed by atoms with Crippen LogP contribution in [-0.4, -0.2) is 17.2 Å². The van der Waals surface area contributed by atoms with Gasteiger partial charge in [0.05, 0.1) is 0 Å². The average molecular weight is 304 g/mol. The first kappa shape index (κ1) is 19.3. The van der Waals surface area contributed by atoms with Gasteiger partial charge in [0, 0.05) is 5.31 Å². The number of hydrogen-bond donors (Lipinski definition) is 2. The van der Waals surface area contributed by atoms with E-state index in [9.17, 15) is 10.0 Å². The molecule has 3 heteroatoms. The van der Waals surface area contributed by atoms with E-state index in [1.807, 2.05) is 6.07 Å². The summed E-state index contributed by atoms with van der Waals surface area (Å²) in [5.41, 5.74) is 2.46. The Hall–Kier alpha value is -0.795. The van der Waals surface area contributed by atoms with Crippen LogP contribution in [0.3, 0.4) is 0 Å². The van der Waals surface area contributed by atoms with Crippen LogP contribution in [0, 0.1) is 0 Å². The standard InChI is InChI=1S/C19H33BO2/c1-4-7-12-17-13-10-11-14-18(17)19(20(21)22,15-8-5-2)16-9-6-3/h10-11,13-14,21-22H,4-9,12,15-16H2,1-3H3. The fraction of sp³-hybridized carbons (Fsp3) is 0.684. The number of unbranched alkanes of at least 4 members (excludes halogenated alkanes) is 3. The van der Waals surface area contributed by atoms with E-state index in [1.165, 1.54) is 11.1 Å². The number of hydrogen-bond acceptors (Lipinski definition) is 2. The monoisotopic (exact) mass is 304 g/mol. The average Bonchev–Trinajstić information content (AvgIpc) is 2.53. The molecule has 0 bridgehead atoms. The second-order valence-electron chi connectivity index (χ2n) is 6.50. The zero-order valence-corrected chi connectivity index (χ0v) is 14.6. The molecule has 0 aliphatic heterocycles. The molecule has 2 nitrogen and oxygen atoms in total. The predicted molar refractivity (Wildman–Crippen MR) is 96.0 cm³/mol.